The van der Waals surface area contributed by atoms with E-state index in [1.165, 1.54) is 6.92 Å². The van der Waals surface area contributed by atoms with Crippen LogP contribution in [-0.2, 0) is 9.59 Å². The van der Waals surface area contributed by atoms with Gasteiger partial charge in [-0.15, -0.1) is 0 Å². The summed E-state index contributed by atoms with van der Waals surface area (Å²) in [5, 5.41) is 10.7. The number of halogens is 4. The average Bonchev–Trinajstić information content (AvgIpc) is 2.09. The van der Waals surface area contributed by atoms with E-state index >= 15 is 0 Å². The number of carbonyl (C=O) groups excluding carboxylic acids is 2. The van der Waals surface area contributed by atoms with E-state index in [1.54, 1.807) is 6.92 Å². The normalized spacial score (nSPS) is 17.3. The van der Waals surface area contributed by atoms with Gasteiger partial charge in [-0.2, -0.15) is 0 Å². The van der Waals surface area contributed by atoms with Gasteiger partial charge in [0.1, 0.15) is 5.78 Å². The van der Waals surface area contributed by atoms with Crippen LogP contribution in [-0.4, -0.2) is 20.1 Å². The molecule has 0 fully saturated rings. The topological polar surface area (TPSA) is 57.2 Å². The molecule has 100 valence electrons. The van der Waals surface area contributed by atoms with Crippen LogP contribution in [0.2, 0.25) is 0 Å². The van der Waals surface area contributed by atoms with Crippen molar-refractivity contribution in [3.05, 3.63) is 0 Å². The second-order valence-corrected chi connectivity index (χ2v) is 8.78. The summed E-state index contributed by atoms with van der Waals surface area (Å²) in [7, 11) is 0. The number of hydrogen-bond acceptors (Lipinski definition) is 3. The number of alkyl halides is 4. The molecule has 0 N–H and O–H groups in total. The van der Waals surface area contributed by atoms with Crippen LogP contribution < -0.4 is 5.11 Å². The van der Waals surface area contributed by atoms with Crippen LogP contribution in [0, 0.1) is 11.8 Å². The molecule has 0 saturated heterocycles. The fourth-order valence-corrected chi connectivity index (χ4v) is 3.60. The third kappa shape index (κ3) is 7.51. The first kappa shape index (κ1) is 17.5. The lowest BCUT2D eigenvalue weighted by Crippen LogP contribution is -2.37. The maximum absolute atomic E-state index is 13.3. The zero-order valence-electron chi connectivity index (χ0n) is 9.38. The van der Waals surface area contributed by atoms with E-state index in [2.05, 4.69) is 47.8 Å². The van der Waals surface area contributed by atoms with Crippen molar-refractivity contribution in [3.63, 3.8) is 0 Å². The molecule has 0 spiro atoms. The Labute approximate surface area is 125 Å². The van der Waals surface area contributed by atoms with Crippen molar-refractivity contribution < 1.29 is 19.1 Å². The summed E-state index contributed by atoms with van der Waals surface area (Å²) < 4.78 is 11.6. The Balaban J connectivity index is 4.46. The van der Waals surface area contributed by atoms with Gasteiger partial charge in [-0.05, 0) is 51.1 Å². The number of hydrogen-bond donors (Lipinski definition) is 0. The van der Waals surface area contributed by atoms with Gasteiger partial charge in [0.05, 0.1) is 11.9 Å². The van der Waals surface area contributed by atoms with Gasteiger partial charge in [0.25, 0.3) is 0 Å². The lowest BCUT2D eigenvalue weighted by molar-refractivity contribution is -0.310. The average molecular weight is 440 g/mol. The maximum atomic E-state index is 13.3. The Morgan fingerprint density at radius 1 is 1.41 bits per heavy atom. The summed E-state index contributed by atoms with van der Waals surface area (Å²) in [5.74, 6) is -3.13. The minimum Gasteiger partial charge on any atom is -0.549 e. The van der Waals surface area contributed by atoms with Crippen molar-refractivity contribution >= 4 is 59.5 Å². The van der Waals surface area contributed by atoms with Crippen LogP contribution in [0.25, 0.3) is 0 Å². The standard InChI is InChI=1S/C10H14Br3FO3/c1-5(8(11)4-10(12,13)14)3-7(6(2)15)9(16)17/h5,7-8H,3-4H2,1-2H3,(H,16,17)/p-1. The van der Waals surface area contributed by atoms with E-state index in [1.807, 2.05) is 0 Å². The first-order valence-electron chi connectivity index (χ1n) is 4.96. The monoisotopic (exact) mass is 437 g/mol. The van der Waals surface area contributed by atoms with Gasteiger partial charge in [-0.3, -0.25) is 4.79 Å². The summed E-state index contributed by atoms with van der Waals surface area (Å²) in [5.41, 5.74) is 0. The molecule has 0 aromatic heterocycles. The highest BCUT2D eigenvalue weighted by Crippen LogP contribution is 2.38. The number of carbonyl (C=O) groups is 2. The molecule has 0 amide bonds. The first-order chi connectivity index (χ1) is 7.54. The highest BCUT2D eigenvalue weighted by molar-refractivity contribution is 9.25. The predicted molar refractivity (Wildman–Crippen MR) is 72.0 cm³/mol. The number of carboxylic acids is 1. The molecule has 0 radical (unpaired) electrons. The maximum Gasteiger partial charge on any atom is 0.220 e. The molecule has 3 nitrogen and oxygen atoms in total. The molecular formula is C10H13Br3FO3-. The van der Waals surface area contributed by atoms with Gasteiger partial charge in [-0.25, -0.2) is 4.39 Å². The third-order valence-electron chi connectivity index (χ3n) is 2.43. The lowest BCUT2D eigenvalue weighted by Gasteiger charge is -2.25. The van der Waals surface area contributed by atoms with E-state index in [-0.39, 0.29) is 23.6 Å². The molecule has 0 aliphatic carbocycles. The molecule has 0 saturated carbocycles. The van der Waals surface area contributed by atoms with E-state index in [0.29, 0.717) is 0 Å². The molecule has 0 aromatic rings. The van der Waals surface area contributed by atoms with Crippen molar-refractivity contribution in [1.82, 2.24) is 0 Å². The first-order valence-corrected chi connectivity index (χ1v) is 7.47. The Morgan fingerprint density at radius 3 is 2.18 bits per heavy atom. The molecular weight excluding hydrogens is 427 g/mol. The van der Waals surface area contributed by atoms with Gasteiger partial charge in [0.15, 0.2) is 0 Å². The summed E-state index contributed by atoms with van der Waals surface area (Å²) in [6, 6.07) is 0. The predicted octanol–water partition coefficient (Wildman–Crippen LogP) is 2.53. The Bertz CT molecular complexity index is 277. The molecule has 3 atom stereocenters. The molecule has 7 heteroatoms. The van der Waals surface area contributed by atoms with Crippen molar-refractivity contribution in [2.75, 3.05) is 0 Å². The zero-order valence-corrected chi connectivity index (χ0v) is 14.1. The number of Topliss-reactive ketones (excluding diaryl/α,β-unsaturated/α-hetero) is 1. The van der Waals surface area contributed by atoms with Gasteiger partial charge < -0.3 is 9.90 Å². The fourth-order valence-electron chi connectivity index (χ4n) is 1.37. The fraction of sp³-hybridized carbons (Fsp3) is 0.800. The summed E-state index contributed by atoms with van der Waals surface area (Å²) in [6.07, 6.45) is 0.232. The van der Waals surface area contributed by atoms with E-state index in [0.717, 1.165) is 0 Å². The van der Waals surface area contributed by atoms with Crippen LogP contribution >= 0.6 is 47.8 Å². The van der Waals surface area contributed by atoms with Crippen LogP contribution in [0.4, 0.5) is 4.39 Å². The molecule has 0 heterocycles. The number of carboxylic acid groups (broad SMARTS) is 1. The molecule has 0 bridgehead atoms. The Hall–Kier alpha value is 0.510. The Morgan fingerprint density at radius 2 is 1.88 bits per heavy atom. The van der Waals surface area contributed by atoms with Crippen molar-refractivity contribution in [1.29, 1.82) is 0 Å². The molecule has 0 rings (SSSR count). The van der Waals surface area contributed by atoms with E-state index in [4.69, 9.17) is 0 Å². The highest BCUT2D eigenvalue weighted by Gasteiger charge is 2.30. The zero-order chi connectivity index (χ0) is 13.8. The van der Waals surface area contributed by atoms with Gasteiger partial charge >= 0.3 is 0 Å². The smallest absolute Gasteiger partial charge is 0.220 e. The Kier molecular flexibility index (Phi) is 7.40. The van der Waals surface area contributed by atoms with E-state index in [9.17, 15) is 19.1 Å². The van der Waals surface area contributed by atoms with Crippen molar-refractivity contribution in [2.24, 2.45) is 11.8 Å². The van der Waals surface area contributed by atoms with Gasteiger partial charge in [-0.1, -0.05) is 22.9 Å². The lowest BCUT2D eigenvalue weighted by atomic mass is 9.90. The van der Waals surface area contributed by atoms with Crippen molar-refractivity contribution in [3.8, 4) is 0 Å². The second-order valence-electron chi connectivity index (χ2n) is 4.03. The molecule has 0 aliphatic rings. The van der Waals surface area contributed by atoms with Gasteiger partial charge in [0, 0.05) is 11.2 Å². The summed E-state index contributed by atoms with van der Waals surface area (Å²) in [6.45, 7) is 2.97. The van der Waals surface area contributed by atoms with Crippen LogP contribution in [0.3, 0.4) is 0 Å². The minimum atomic E-state index is -1.70. The van der Waals surface area contributed by atoms with Crippen LogP contribution in [0.15, 0.2) is 0 Å². The summed E-state index contributed by atoms with van der Waals surface area (Å²) in [4.78, 5) is 21.6. The largest absolute Gasteiger partial charge is 0.549 e. The molecule has 0 aliphatic heterocycles. The highest BCUT2D eigenvalue weighted by atomic mass is 79.9. The SMILES string of the molecule is CC(=O)C(CC(C)C(Br)CC(F)(Br)Br)C(=O)[O-]. The van der Waals surface area contributed by atoms with Crippen LogP contribution in [0.5, 0.6) is 0 Å². The summed E-state index contributed by atoms with van der Waals surface area (Å²) >= 11 is 8.87. The quantitative estimate of drug-likeness (QED) is 0.452. The van der Waals surface area contributed by atoms with Gasteiger partial charge in [0.2, 0.25) is 3.49 Å². The minimum absolute atomic E-state index is 0.103. The van der Waals surface area contributed by atoms with E-state index < -0.39 is 21.2 Å². The number of ketones is 1. The second kappa shape index (κ2) is 7.19. The molecule has 0 aromatic carbocycles. The molecule has 3 unspecified atom stereocenters. The van der Waals surface area contributed by atoms with Crippen LogP contribution in [0.1, 0.15) is 26.7 Å². The molecule has 17 heavy (non-hydrogen) atoms. The van der Waals surface area contributed by atoms with Crippen molar-refractivity contribution in [2.45, 2.75) is 35.0 Å². The number of aliphatic carboxylic acids is 1. The number of rotatable bonds is 7. The third-order valence-corrected chi connectivity index (χ3v) is 4.30.